The van der Waals surface area contributed by atoms with E-state index in [1.807, 2.05) is 6.92 Å². The number of rotatable bonds is 5. The van der Waals surface area contributed by atoms with Crippen LogP contribution in [0.3, 0.4) is 0 Å². The highest BCUT2D eigenvalue weighted by Crippen LogP contribution is 2.20. The van der Waals surface area contributed by atoms with Crippen molar-refractivity contribution >= 4 is 35.0 Å². The van der Waals surface area contributed by atoms with Crippen LogP contribution < -0.4 is 5.32 Å². The molecular formula is C12H15Cl2N3O2. The van der Waals surface area contributed by atoms with Gasteiger partial charge in [-0.3, -0.25) is 9.59 Å². The molecule has 0 aliphatic carbocycles. The summed E-state index contributed by atoms with van der Waals surface area (Å²) in [4.78, 5) is 29.0. The van der Waals surface area contributed by atoms with Crippen molar-refractivity contribution in [3.05, 3.63) is 28.0 Å². The van der Waals surface area contributed by atoms with Gasteiger partial charge in [0.2, 0.25) is 5.91 Å². The summed E-state index contributed by atoms with van der Waals surface area (Å²) < 4.78 is 0. The number of pyridine rings is 1. The van der Waals surface area contributed by atoms with Crippen LogP contribution in [0.1, 0.15) is 23.7 Å². The Kier molecular flexibility index (Phi) is 6.05. The van der Waals surface area contributed by atoms with Gasteiger partial charge in [0.15, 0.2) is 0 Å². The summed E-state index contributed by atoms with van der Waals surface area (Å²) in [6.07, 6.45) is 2.06. The second kappa shape index (κ2) is 7.31. The van der Waals surface area contributed by atoms with E-state index in [4.69, 9.17) is 23.2 Å². The SMILES string of the molecule is CCCN(CC(=O)NC)C(=O)c1cc(Cl)ncc1Cl. The predicted molar refractivity (Wildman–Crippen MR) is 74.5 cm³/mol. The van der Waals surface area contributed by atoms with Gasteiger partial charge in [0, 0.05) is 19.8 Å². The molecule has 1 rings (SSSR count). The highest BCUT2D eigenvalue weighted by Gasteiger charge is 2.20. The van der Waals surface area contributed by atoms with Crippen LogP contribution in [0.2, 0.25) is 10.2 Å². The second-order valence-corrected chi connectivity index (χ2v) is 4.68. The molecule has 0 aromatic carbocycles. The lowest BCUT2D eigenvalue weighted by atomic mass is 10.2. The minimum absolute atomic E-state index is 0.0144. The number of amides is 2. The van der Waals surface area contributed by atoms with Crippen LogP contribution in [0.25, 0.3) is 0 Å². The smallest absolute Gasteiger partial charge is 0.256 e. The maximum atomic E-state index is 12.3. The molecule has 1 N–H and O–H groups in total. The Hall–Kier alpha value is -1.33. The molecule has 5 nitrogen and oxygen atoms in total. The summed E-state index contributed by atoms with van der Waals surface area (Å²) in [6.45, 7) is 2.37. The van der Waals surface area contributed by atoms with Crippen LogP contribution in [0, 0.1) is 0 Å². The fourth-order valence-corrected chi connectivity index (χ4v) is 1.86. The first-order valence-corrected chi connectivity index (χ1v) is 6.56. The number of hydrogen-bond acceptors (Lipinski definition) is 3. The van der Waals surface area contributed by atoms with Crippen LogP contribution in [-0.2, 0) is 4.79 Å². The maximum Gasteiger partial charge on any atom is 0.256 e. The summed E-state index contributed by atoms with van der Waals surface area (Å²) >= 11 is 11.7. The number of nitrogens with one attached hydrogen (secondary N) is 1. The lowest BCUT2D eigenvalue weighted by Gasteiger charge is -2.21. The average molecular weight is 304 g/mol. The molecule has 0 spiro atoms. The fraction of sp³-hybridized carbons (Fsp3) is 0.417. The van der Waals surface area contributed by atoms with Crippen molar-refractivity contribution in [2.45, 2.75) is 13.3 Å². The highest BCUT2D eigenvalue weighted by molar-refractivity contribution is 6.35. The van der Waals surface area contributed by atoms with Gasteiger partial charge in [0.1, 0.15) is 5.15 Å². The van der Waals surface area contributed by atoms with Crippen molar-refractivity contribution in [1.82, 2.24) is 15.2 Å². The average Bonchev–Trinajstić information content (AvgIpc) is 2.40. The Morgan fingerprint density at radius 1 is 1.42 bits per heavy atom. The van der Waals surface area contributed by atoms with E-state index in [9.17, 15) is 9.59 Å². The van der Waals surface area contributed by atoms with Gasteiger partial charge < -0.3 is 10.2 Å². The monoisotopic (exact) mass is 303 g/mol. The van der Waals surface area contributed by atoms with Gasteiger partial charge in [0.05, 0.1) is 17.1 Å². The fourth-order valence-electron chi connectivity index (χ4n) is 1.52. The third-order valence-corrected chi connectivity index (χ3v) is 2.95. The molecule has 0 radical (unpaired) electrons. The molecule has 0 unspecified atom stereocenters. The van der Waals surface area contributed by atoms with Crippen LogP contribution in [0.15, 0.2) is 12.3 Å². The minimum Gasteiger partial charge on any atom is -0.358 e. The number of aromatic nitrogens is 1. The molecule has 0 fully saturated rings. The van der Waals surface area contributed by atoms with Gasteiger partial charge in [-0.25, -0.2) is 4.98 Å². The molecular weight excluding hydrogens is 289 g/mol. The normalized spacial score (nSPS) is 10.1. The first-order valence-electron chi connectivity index (χ1n) is 5.80. The topological polar surface area (TPSA) is 62.3 Å². The first-order chi connectivity index (χ1) is 8.99. The summed E-state index contributed by atoms with van der Waals surface area (Å²) in [5.74, 6) is -0.571. The van der Waals surface area contributed by atoms with Gasteiger partial charge in [-0.15, -0.1) is 0 Å². The van der Waals surface area contributed by atoms with E-state index in [1.165, 1.54) is 24.2 Å². The summed E-state index contributed by atoms with van der Waals surface area (Å²) in [7, 11) is 1.52. The van der Waals surface area contributed by atoms with Crippen molar-refractivity contribution < 1.29 is 9.59 Å². The second-order valence-electron chi connectivity index (χ2n) is 3.89. The quantitative estimate of drug-likeness (QED) is 0.846. The largest absolute Gasteiger partial charge is 0.358 e. The zero-order chi connectivity index (χ0) is 14.4. The molecule has 0 saturated heterocycles. The Labute approximate surface area is 121 Å². The van der Waals surface area contributed by atoms with E-state index in [0.717, 1.165) is 6.42 Å². The molecule has 1 heterocycles. The summed E-state index contributed by atoms with van der Waals surface area (Å²) in [6, 6.07) is 1.40. The Balaban J connectivity index is 2.98. The highest BCUT2D eigenvalue weighted by atomic mass is 35.5. The third kappa shape index (κ3) is 4.36. The summed E-state index contributed by atoms with van der Waals surface area (Å²) in [5.41, 5.74) is 0.249. The van der Waals surface area contributed by atoms with Crippen LogP contribution in [-0.4, -0.2) is 41.8 Å². The van der Waals surface area contributed by atoms with E-state index in [2.05, 4.69) is 10.3 Å². The van der Waals surface area contributed by atoms with Crippen molar-refractivity contribution in [2.75, 3.05) is 20.1 Å². The van der Waals surface area contributed by atoms with Gasteiger partial charge in [-0.05, 0) is 12.5 Å². The number of likely N-dealkylation sites (N-methyl/N-ethyl adjacent to an activating group) is 1. The molecule has 104 valence electrons. The number of nitrogens with zero attached hydrogens (tertiary/aromatic N) is 2. The molecule has 0 aliphatic rings. The molecule has 19 heavy (non-hydrogen) atoms. The minimum atomic E-state index is -0.334. The van der Waals surface area contributed by atoms with Gasteiger partial charge in [0.25, 0.3) is 5.91 Å². The lowest BCUT2D eigenvalue weighted by molar-refractivity contribution is -0.121. The van der Waals surface area contributed by atoms with Crippen LogP contribution in [0.5, 0.6) is 0 Å². The van der Waals surface area contributed by atoms with E-state index < -0.39 is 0 Å². The van der Waals surface area contributed by atoms with Gasteiger partial charge in [-0.1, -0.05) is 30.1 Å². The molecule has 2 amide bonds. The Morgan fingerprint density at radius 2 is 2.11 bits per heavy atom. The Morgan fingerprint density at radius 3 is 2.68 bits per heavy atom. The van der Waals surface area contributed by atoms with Crippen LogP contribution >= 0.6 is 23.2 Å². The van der Waals surface area contributed by atoms with E-state index in [-0.39, 0.29) is 34.1 Å². The molecule has 1 aromatic heterocycles. The van der Waals surface area contributed by atoms with E-state index in [0.29, 0.717) is 6.54 Å². The third-order valence-electron chi connectivity index (χ3n) is 2.45. The molecule has 0 aliphatic heterocycles. The lowest BCUT2D eigenvalue weighted by Crippen LogP contribution is -2.40. The first kappa shape index (κ1) is 15.7. The zero-order valence-corrected chi connectivity index (χ0v) is 12.3. The zero-order valence-electron chi connectivity index (χ0n) is 10.7. The van der Waals surface area contributed by atoms with Crippen molar-refractivity contribution in [2.24, 2.45) is 0 Å². The van der Waals surface area contributed by atoms with E-state index in [1.54, 1.807) is 0 Å². The molecule has 0 atom stereocenters. The number of carbonyl (C=O) groups is 2. The molecule has 0 saturated carbocycles. The summed E-state index contributed by atoms with van der Waals surface area (Å²) in [5, 5.41) is 2.88. The Bertz CT molecular complexity index is 480. The van der Waals surface area contributed by atoms with Crippen molar-refractivity contribution in [3.63, 3.8) is 0 Å². The van der Waals surface area contributed by atoms with Gasteiger partial charge >= 0.3 is 0 Å². The molecule has 1 aromatic rings. The number of hydrogen-bond donors (Lipinski definition) is 1. The molecule has 0 bridgehead atoms. The standard InChI is InChI=1S/C12H15Cl2N3O2/c1-3-4-17(7-11(18)15-2)12(19)8-5-10(14)16-6-9(8)13/h5-6H,3-4,7H2,1-2H3,(H,15,18). The van der Waals surface area contributed by atoms with E-state index >= 15 is 0 Å². The molecule has 7 heteroatoms. The maximum absolute atomic E-state index is 12.3. The number of carbonyl (C=O) groups excluding carboxylic acids is 2. The number of halogens is 2. The van der Waals surface area contributed by atoms with Crippen molar-refractivity contribution in [3.8, 4) is 0 Å². The van der Waals surface area contributed by atoms with Crippen molar-refractivity contribution in [1.29, 1.82) is 0 Å². The van der Waals surface area contributed by atoms with Crippen LogP contribution in [0.4, 0.5) is 0 Å². The predicted octanol–water partition coefficient (Wildman–Crippen LogP) is 1.99. The van der Waals surface area contributed by atoms with Gasteiger partial charge in [-0.2, -0.15) is 0 Å².